The highest BCUT2D eigenvalue weighted by Crippen LogP contribution is 2.24. The molecule has 1 aromatic heterocycles. The van der Waals surface area contributed by atoms with E-state index in [0.29, 0.717) is 0 Å². The van der Waals surface area contributed by atoms with Gasteiger partial charge in [0.15, 0.2) is 5.82 Å². The zero-order valence-electron chi connectivity index (χ0n) is 11.2. The Balaban J connectivity index is 0.00000180. The third kappa shape index (κ3) is 4.21. The number of fused-ring (bicyclic) bond motifs is 1. The predicted octanol–water partition coefficient (Wildman–Crippen LogP) is 2.21. The lowest BCUT2D eigenvalue weighted by Crippen LogP contribution is -2.21. The average molecular weight is 288 g/mol. The van der Waals surface area contributed by atoms with Crippen molar-refractivity contribution in [1.29, 1.82) is 0 Å². The van der Waals surface area contributed by atoms with Gasteiger partial charge in [-0.1, -0.05) is 23.7 Å². The Kier molecular flexibility index (Phi) is 6.31. The maximum atomic E-state index is 11.7. The zero-order chi connectivity index (χ0) is 13.0. The Labute approximate surface area is 119 Å². The normalized spacial score (nSPS) is 20.6. The van der Waals surface area contributed by atoms with E-state index < -0.39 is 0 Å². The number of nitrogens with zero attached hydrogens (tertiary/aromatic N) is 2. The summed E-state index contributed by atoms with van der Waals surface area (Å²) in [5, 5.41) is 3.85. The summed E-state index contributed by atoms with van der Waals surface area (Å²) in [6, 6.07) is 0.370. The fourth-order valence-corrected chi connectivity index (χ4v) is 2.39. The Morgan fingerprint density at radius 1 is 1.53 bits per heavy atom. The second kappa shape index (κ2) is 7.50. The molecule has 1 aliphatic rings. The van der Waals surface area contributed by atoms with Crippen LogP contribution in [0.5, 0.6) is 0 Å². The van der Waals surface area contributed by atoms with Crippen molar-refractivity contribution < 1.29 is 4.52 Å². The van der Waals surface area contributed by atoms with E-state index in [4.69, 9.17) is 10.3 Å². The number of allylic oxidation sites excluding steroid dienone is 1. The maximum Gasteiger partial charge on any atom is 0.441 e. The molecule has 0 aliphatic carbocycles. The van der Waals surface area contributed by atoms with Crippen LogP contribution in [0.4, 0.5) is 0 Å². The molecule has 0 bridgehead atoms. The van der Waals surface area contributed by atoms with Crippen LogP contribution in [0, 0.1) is 0 Å². The van der Waals surface area contributed by atoms with Crippen LogP contribution in [0.2, 0.25) is 0 Å². The highest BCUT2D eigenvalue weighted by atomic mass is 35.5. The van der Waals surface area contributed by atoms with Crippen LogP contribution in [0.1, 0.15) is 50.9 Å². The largest absolute Gasteiger partial charge is 0.441 e. The van der Waals surface area contributed by atoms with Gasteiger partial charge in [0.2, 0.25) is 0 Å². The van der Waals surface area contributed by atoms with E-state index in [1.54, 1.807) is 4.57 Å². The number of aryl methyl sites for hydroxylation is 1. The first-order chi connectivity index (χ1) is 8.68. The SMILES string of the molecule is CC(N)C/C=C\CC1CCCCc2noc(=O)n21.Cl. The molecule has 0 spiro atoms. The Morgan fingerprint density at radius 2 is 2.32 bits per heavy atom. The Hall–Kier alpha value is -1.07. The molecule has 108 valence electrons. The fraction of sp³-hybridized carbons (Fsp3) is 0.692. The lowest BCUT2D eigenvalue weighted by atomic mass is 10.1. The van der Waals surface area contributed by atoms with Crippen molar-refractivity contribution in [2.45, 2.75) is 57.5 Å². The lowest BCUT2D eigenvalue weighted by Gasteiger charge is -2.13. The second-order valence-corrected chi connectivity index (χ2v) is 5.05. The number of hydrogen-bond donors (Lipinski definition) is 1. The summed E-state index contributed by atoms with van der Waals surface area (Å²) in [5.41, 5.74) is 5.69. The molecule has 0 radical (unpaired) electrons. The van der Waals surface area contributed by atoms with Gasteiger partial charge in [-0.15, -0.1) is 12.4 Å². The smallest absolute Gasteiger partial charge is 0.328 e. The van der Waals surface area contributed by atoms with Crippen LogP contribution in [-0.2, 0) is 6.42 Å². The number of aromatic nitrogens is 2. The van der Waals surface area contributed by atoms with Gasteiger partial charge in [0.1, 0.15) is 0 Å². The molecule has 2 N–H and O–H groups in total. The first kappa shape index (κ1) is 16.0. The summed E-state index contributed by atoms with van der Waals surface area (Å²) in [7, 11) is 0. The second-order valence-electron chi connectivity index (χ2n) is 5.05. The third-order valence-corrected chi connectivity index (χ3v) is 3.34. The molecule has 2 rings (SSSR count). The molecule has 0 saturated heterocycles. The van der Waals surface area contributed by atoms with Crippen LogP contribution < -0.4 is 11.5 Å². The van der Waals surface area contributed by atoms with Crippen molar-refractivity contribution in [1.82, 2.24) is 9.72 Å². The molecule has 1 aliphatic heterocycles. The molecule has 2 unspecified atom stereocenters. The molecule has 0 amide bonds. The predicted molar refractivity (Wildman–Crippen MR) is 76.6 cm³/mol. The van der Waals surface area contributed by atoms with Crippen LogP contribution in [-0.4, -0.2) is 15.8 Å². The highest BCUT2D eigenvalue weighted by Gasteiger charge is 2.21. The number of hydrogen-bond acceptors (Lipinski definition) is 4. The van der Waals surface area contributed by atoms with Crippen LogP contribution in [0.3, 0.4) is 0 Å². The number of halogens is 1. The number of nitrogens with two attached hydrogens (primary N) is 1. The van der Waals surface area contributed by atoms with Gasteiger partial charge >= 0.3 is 5.76 Å². The lowest BCUT2D eigenvalue weighted by molar-refractivity contribution is 0.353. The molecule has 0 fully saturated rings. The van der Waals surface area contributed by atoms with E-state index in [1.165, 1.54) is 0 Å². The first-order valence-corrected chi connectivity index (χ1v) is 6.66. The Morgan fingerprint density at radius 3 is 3.05 bits per heavy atom. The zero-order valence-corrected chi connectivity index (χ0v) is 12.1. The molecule has 5 nitrogen and oxygen atoms in total. The van der Waals surface area contributed by atoms with Crippen molar-refractivity contribution in [3.8, 4) is 0 Å². The fourth-order valence-electron chi connectivity index (χ4n) is 2.39. The van der Waals surface area contributed by atoms with Gasteiger partial charge in [-0.2, -0.15) is 0 Å². The van der Waals surface area contributed by atoms with Crippen molar-refractivity contribution >= 4 is 12.4 Å². The van der Waals surface area contributed by atoms with E-state index >= 15 is 0 Å². The molecule has 1 aromatic rings. The average Bonchev–Trinajstić information content (AvgIpc) is 2.58. The van der Waals surface area contributed by atoms with Crippen molar-refractivity contribution in [2.24, 2.45) is 5.73 Å². The summed E-state index contributed by atoms with van der Waals surface area (Å²) in [5.74, 6) is 0.473. The van der Waals surface area contributed by atoms with Crippen molar-refractivity contribution in [3.05, 3.63) is 28.5 Å². The van der Waals surface area contributed by atoms with Gasteiger partial charge in [0.05, 0.1) is 0 Å². The van der Waals surface area contributed by atoms with Gasteiger partial charge in [-0.3, -0.25) is 9.09 Å². The monoisotopic (exact) mass is 287 g/mol. The van der Waals surface area contributed by atoms with Gasteiger partial charge in [-0.25, -0.2) is 4.79 Å². The minimum atomic E-state index is -0.322. The molecule has 2 atom stereocenters. The molecular weight excluding hydrogens is 266 g/mol. The van der Waals surface area contributed by atoms with E-state index in [0.717, 1.165) is 44.3 Å². The number of rotatable bonds is 4. The van der Waals surface area contributed by atoms with Crippen molar-refractivity contribution in [3.63, 3.8) is 0 Å². The minimum absolute atomic E-state index is 0. The molecule has 0 saturated carbocycles. The Bertz CT molecular complexity index is 465. The van der Waals surface area contributed by atoms with Gasteiger partial charge in [0.25, 0.3) is 0 Å². The summed E-state index contributed by atoms with van der Waals surface area (Å²) < 4.78 is 6.49. The molecule has 2 heterocycles. The summed E-state index contributed by atoms with van der Waals surface area (Å²) in [6.45, 7) is 1.98. The third-order valence-electron chi connectivity index (χ3n) is 3.34. The molecule has 0 aromatic carbocycles. The van der Waals surface area contributed by atoms with E-state index in [1.807, 2.05) is 6.92 Å². The standard InChI is InChI=1S/C13H21N3O2.ClH/c1-10(14)6-2-3-7-11-8-4-5-9-12-15-18-13(17)16(11)12;/h2-3,10-11H,4-9,14H2,1H3;1H/b3-2-;. The topological polar surface area (TPSA) is 74.1 Å². The van der Waals surface area contributed by atoms with Crippen LogP contribution >= 0.6 is 12.4 Å². The first-order valence-electron chi connectivity index (χ1n) is 6.66. The maximum absolute atomic E-state index is 11.7. The van der Waals surface area contributed by atoms with Crippen LogP contribution in [0.15, 0.2) is 21.5 Å². The quantitative estimate of drug-likeness (QED) is 0.862. The van der Waals surface area contributed by atoms with E-state index in [2.05, 4.69) is 17.3 Å². The molecular formula is C13H22ClN3O2. The molecule has 6 heteroatoms. The van der Waals surface area contributed by atoms with Gasteiger partial charge in [0, 0.05) is 18.5 Å². The summed E-state index contributed by atoms with van der Waals surface area (Å²) in [6.07, 6.45) is 9.98. The molecule has 19 heavy (non-hydrogen) atoms. The van der Waals surface area contributed by atoms with Crippen LogP contribution in [0.25, 0.3) is 0 Å². The summed E-state index contributed by atoms with van der Waals surface area (Å²) in [4.78, 5) is 11.7. The minimum Gasteiger partial charge on any atom is -0.328 e. The van der Waals surface area contributed by atoms with E-state index in [-0.39, 0.29) is 30.2 Å². The van der Waals surface area contributed by atoms with Crippen molar-refractivity contribution in [2.75, 3.05) is 0 Å². The van der Waals surface area contributed by atoms with Gasteiger partial charge in [-0.05, 0) is 32.6 Å². The highest BCUT2D eigenvalue weighted by molar-refractivity contribution is 5.85. The van der Waals surface area contributed by atoms with Gasteiger partial charge < -0.3 is 5.73 Å². The summed E-state index contributed by atoms with van der Waals surface area (Å²) >= 11 is 0. The van der Waals surface area contributed by atoms with E-state index in [9.17, 15) is 4.79 Å².